The minimum atomic E-state index is -0.0617. The number of carbonyl (C=O) groups is 1. The third-order valence-electron chi connectivity index (χ3n) is 5.06. The molecule has 1 aliphatic carbocycles. The van der Waals surface area contributed by atoms with Crippen molar-refractivity contribution in [3.8, 4) is 16.9 Å². The number of benzene rings is 2. The molecule has 0 spiro atoms. The van der Waals surface area contributed by atoms with E-state index in [1.807, 2.05) is 54.6 Å². The predicted octanol–water partition coefficient (Wildman–Crippen LogP) is 5.87. The first-order valence-electron chi connectivity index (χ1n) is 9.14. The molecular formula is C22H26O2. The molecule has 0 N–H and O–H groups in total. The lowest BCUT2D eigenvalue weighted by Gasteiger charge is -2.27. The maximum Gasteiger partial charge on any atom is 0.314 e. The van der Waals surface area contributed by atoms with Gasteiger partial charge in [0.15, 0.2) is 0 Å². The number of esters is 1. The average molecular weight is 322 g/mol. The highest BCUT2D eigenvalue weighted by Crippen LogP contribution is 2.34. The highest BCUT2D eigenvalue weighted by Gasteiger charge is 2.27. The molecule has 0 radical (unpaired) electrons. The van der Waals surface area contributed by atoms with E-state index in [2.05, 4.69) is 6.92 Å². The summed E-state index contributed by atoms with van der Waals surface area (Å²) in [7, 11) is 0. The van der Waals surface area contributed by atoms with Crippen LogP contribution in [-0.4, -0.2) is 5.97 Å². The van der Waals surface area contributed by atoms with Crippen molar-refractivity contribution in [1.82, 2.24) is 0 Å². The Kier molecular flexibility index (Phi) is 5.68. The van der Waals surface area contributed by atoms with Gasteiger partial charge in [-0.15, -0.1) is 0 Å². The Balaban J connectivity index is 1.68. The predicted molar refractivity (Wildman–Crippen MR) is 97.9 cm³/mol. The lowest BCUT2D eigenvalue weighted by Crippen LogP contribution is -2.25. The minimum Gasteiger partial charge on any atom is -0.426 e. The highest BCUT2D eigenvalue weighted by molar-refractivity contribution is 5.79. The molecule has 0 amide bonds. The fraction of sp³-hybridized carbons (Fsp3) is 0.409. The normalized spacial score (nSPS) is 20.5. The molecule has 3 rings (SSSR count). The molecule has 126 valence electrons. The number of hydrogen-bond acceptors (Lipinski definition) is 2. The lowest BCUT2D eigenvalue weighted by molar-refractivity contribution is -0.140. The summed E-state index contributed by atoms with van der Waals surface area (Å²) in [6.07, 6.45) is 6.79. The van der Waals surface area contributed by atoms with Crippen molar-refractivity contribution >= 4 is 5.97 Å². The maximum atomic E-state index is 12.6. The molecule has 0 aromatic heterocycles. The molecule has 2 heteroatoms. The SMILES string of the molecule is CCCC1CCC(C(=O)Oc2ccccc2-c2ccccc2)CC1. The van der Waals surface area contributed by atoms with Gasteiger partial charge in [0, 0.05) is 5.56 Å². The third-order valence-corrected chi connectivity index (χ3v) is 5.06. The van der Waals surface area contributed by atoms with Crippen molar-refractivity contribution in [1.29, 1.82) is 0 Å². The third kappa shape index (κ3) is 4.05. The van der Waals surface area contributed by atoms with E-state index in [4.69, 9.17) is 4.74 Å². The van der Waals surface area contributed by atoms with Gasteiger partial charge in [0.2, 0.25) is 0 Å². The van der Waals surface area contributed by atoms with Crippen LogP contribution in [0.25, 0.3) is 11.1 Å². The molecule has 0 bridgehead atoms. The van der Waals surface area contributed by atoms with Gasteiger partial charge in [0.05, 0.1) is 5.92 Å². The van der Waals surface area contributed by atoms with Crippen molar-refractivity contribution in [2.24, 2.45) is 11.8 Å². The molecule has 2 aromatic rings. The fourth-order valence-corrected chi connectivity index (χ4v) is 3.70. The molecule has 1 saturated carbocycles. The molecule has 0 heterocycles. The largest absolute Gasteiger partial charge is 0.426 e. The smallest absolute Gasteiger partial charge is 0.314 e. The fourth-order valence-electron chi connectivity index (χ4n) is 3.70. The van der Waals surface area contributed by atoms with Gasteiger partial charge in [-0.1, -0.05) is 68.3 Å². The molecule has 0 atom stereocenters. The number of ether oxygens (including phenoxy) is 1. The molecular weight excluding hydrogens is 296 g/mol. The van der Waals surface area contributed by atoms with Crippen molar-refractivity contribution in [2.75, 3.05) is 0 Å². The van der Waals surface area contributed by atoms with Crippen LogP contribution in [0.2, 0.25) is 0 Å². The topological polar surface area (TPSA) is 26.3 Å². The van der Waals surface area contributed by atoms with Crippen molar-refractivity contribution in [3.63, 3.8) is 0 Å². The van der Waals surface area contributed by atoms with Crippen LogP contribution in [0.3, 0.4) is 0 Å². The van der Waals surface area contributed by atoms with E-state index < -0.39 is 0 Å². The van der Waals surface area contributed by atoms with Gasteiger partial charge < -0.3 is 4.74 Å². The van der Waals surface area contributed by atoms with E-state index in [0.29, 0.717) is 5.75 Å². The monoisotopic (exact) mass is 322 g/mol. The van der Waals surface area contributed by atoms with Crippen LogP contribution in [0.15, 0.2) is 54.6 Å². The second-order valence-electron chi connectivity index (χ2n) is 6.79. The first-order chi connectivity index (χ1) is 11.8. The summed E-state index contributed by atoms with van der Waals surface area (Å²) in [5.74, 6) is 1.47. The van der Waals surface area contributed by atoms with Crippen molar-refractivity contribution in [2.45, 2.75) is 45.4 Å². The van der Waals surface area contributed by atoms with Crippen LogP contribution in [0.1, 0.15) is 45.4 Å². The van der Waals surface area contributed by atoms with Crippen LogP contribution in [0, 0.1) is 11.8 Å². The average Bonchev–Trinajstić information content (AvgIpc) is 2.64. The second kappa shape index (κ2) is 8.14. The van der Waals surface area contributed by atoms with Crippen LogP contribution in [0.5, 0.6) is 5.75 Å². The Morgan fingerprint density at radius 1 is 0.958 bits per heavy atom. The van der Waals surface area contributed by atoms with E-state index in [9.17, 15) is 4.79 Å². The quantitative estimate of drug-likeness (QED) is 0.508. The Labute approximate surface area is 144 Å². The molecule has 2 nitrogen and oxygen atoms in total. The Bertz CT molecular complexity index is 655. The van der Waals surface area contributed by atoms with Gasteiger partial charge in [0.25, 0.3) is 0 Å². The zero-order chi connectivity index (χ0) is 16.8. The summed E-state index contributed by atoms with van der Waals surface area (Å²) in [5.41, 5.74) is 2.05. The Hall–Kier alpha value is -2.09. The first-order valence-corrected chi connectivity index (χ1v) is 9.14. The van der Waals surface area contributed by atoms with E-state index in [1.54, 1.807) is 0 Å². The Morgan fingerprint density at radius 3 is 2.33 bits per heavy atom. The van der Waals surface area contributed by atoms with Crippen LogP contribution >= 0.6 is 0 Å². The first kappa shape index (κ1) is 16.8. The zero-order valence-corrected chi connectivity index (χ0v) is 14.4. The van der Waals surface area contributed by atoms with E-state index in [1.165, 1.54) is 12.8 Å². The van der Waals surface area contributed by atoms with Crippen LogP contribution < -0.4 is 4.74 Å². The van der Waals surface area contributed by atoms with Gasteiger partial charge in [-0.3, -0.25) is 4.79 Å². The molecule has 0 unspecified atom stereocenters. The van der Waals surface area contributed by atoms with Gasteiger partial charge in [-0.25, -0.2) is 0 Å². The van der Waals surface area contributed by atoms with Gasteiger partial charge in [-0.2, -0.15) is 0 Å². The summed E-state index contributed by atoms with van der Waals surface area (Å²) in [4.78, 5) is 12.6. The van der Waals surface area contributed by atoms with Gasteiger partial charge in [0.1, 0.15) is 5.75 Å². The van der Waals surface area contributed by atoms with E-state index in [-0.39, 0.29) is 11.9 Å². The van der Waals surface area contributed by atoms with Crippen molar-refractivity contribution in [3.05, 3.63) is 54.6 Å². The van der Waals surface area contributed by atoms with Gasteiger partial charge in [-0.05, 0) is 43.2 Å². The summed E-state index contributed by atoms with van der Waals surface area (Å²) < 4.78 is 5.80. The van der Waals surface area contributed by atoms with Gasteiger partial charge >= 0.3 is 5.97 Å². The molecule has 0 saturated heterocycles. The number of para-hydroxylation sites is 1. The maximum absolute atomic E-state index is 12.6. The standard InChI is InChI=1S/C22H26O2/c1-2-8-17-13-15-19(16-14-17)22(23)24-21-12-7-6-11-20(21)18-9-4-3-5-10-18/h3-7,9-12,17,19H,2,8,13-16H2,1H3. The summed E-state index contributed by atoms with van der Waals surface area (Å²) >= 11 is 0. The van der Waals surface area contributed by atoms with Crippen LogP contribution in [0.4, 0.5) is 0 Å². The molecule has 0 aliphatic heterocycles. The molecule has 1 aliphatic rings. The zero-order valence-electron chi connectivity index (χ0n) is 14.4. The lowest BCUT2D eigenvalue weighted by atomic mass is 9.80. The molecule has 1 fully saturated rings. The van der Waals surface area contributed by atoms with Crippen LogP contribution in [-0.2, 0) is 4.79 Å². The number of hydrogen-bond donors (Lipinski definition) is 0. The van der Waals surface area contributed by atoms with E-state index in [0.717, 1.165) is 42.7 Å². The minimum absolute atomic E-state index is 0.0573. The molecule has 2 aromatic carbocycles. The number of rotatable bonds is 5. The highest BCUT2D eigenvalue weighted by atomic mass is 16.5. The molecule has 24 heavy (non-hydrogen) atoms. The second-order valence-corrected chi connectivity index (χ2v) is 6.79. The van der Waals surface area contributed by atoms with Crippen molar-refractivity contribution < 1.29 is 9.53 Å². The summed E-state index contributed by atoms with van der Waals surface area (Å²) in [5, 5.41) is 0. The summed E-state index contributed by atoms with van der Waals surface area (Å²) in [6.45, 7) is 2.24. The Morgan fingerprint density at radius 2 is 1.62 bits per heavy atom. The van der Waals surface area contributed by atoms with E-state index >= 15 is 0 Å². The summed E-state index contributed by atoms with van der Waals surface area (Å²) in [6, 6.07) is 17.9. The number of carbonyl (C=O) groups excluding carboxylic acids is 1.